The predicted molar refractivity (Wildman–Crippen MR) is 177 cm³/mol. The van der Waals surface area contributed by atoms with Crippen molar-refractivity contribution in [2.24, 2.45) is 22.7 Å². The molecule has 5 aliphatic rings. The number of hydrogen-bond donors (Lipinski definition) is 3. The average molecular weight is 682 g/mol. The third-order valence-electron chi connectivity index (χ3n) is 12.1. The van der Waals surface area contributed by atoms with E-state index < -0.39 is 76.8 Å². The number of carbonyl (C=O) groups excluding carboxylic acids is 2. The number of Topliss-reactive ketones (excluding diaryl/α,β-unsaturated/α-hetero) is 1. The number of halogens is 3. The Morgan fingerprint density at radius 2 is 1.81 bits per heavy atom. The number of carbonyl (C=O) groups is 2. The summed E-state index contributed by atoms with van der Waals surface area (Å²) in [5.74, 6) is -2.62. The lowest BCUT2D eigenvalue weighted by Gasteiger charge is -2.63. The molecule has 1 saturated heterocycles. The molecular weight excluding hydrogens is 640 g/mol. The summed E-state index contributed by atoms with van der Waals surface area (Å²) in [5.41, 5.74) is -2.99. The highest BCUT2D eigenvalue weighted by Gasteiger charge is 2.80. The summed E-state index contributed by atoms with van der Waals surface area (Å²) >= 11 is 6.37. The Morgan fingerprint density at radius 1 is 1.10 bits per heavy atom. The number of aliphatic hydroxyl groups excluding tert-OH is 2. The maximum atomic E-state index is 17.6. The van der Waals surface area contributed by atoms with Crippen LogP contribution in [-0.2, 0) is 25.5 Å². The normalized spacial score (nSPS) is 39.8. The lowest BCUT2D eigenvalue weighted by Crippen LogP contribution is -2.70. The Morgan fingerprint density at radius 3 is 2.50 bits per heavy atom. The largest absolute Gasteiger partial charge is 0.390 e. The zero-order valence-electron chi connectivity index (χ0n) is 27.5. The lowest BCUT2D eigenvalue weighted by atomic mass is 9.44. The van der Waals surface area contributed by atoms with Gasteiger partial charge < -0.3 is 25.0 Å². The average Bonchev–Trinajstić information content (AvgIpc) is 3.54. The molecule has 3 N–H and O–H groups in total. The van der Waals surface area contributed by atoms with Crippen LogP contribution in [-0.4, -0.2) is 64.1 Å². The van der Waals surface area contributed by atoms with E-state index in [1.165, 1.54) is 19.1 Å². The second-order valence-electron chi connectivity index (χ2n) is 15.0. The predicted octanol–water partition coefficient (Wildman–Crippen LogP) is 6.39. The van der Waals surface area contributed by atoms with Crippen molar-refractivity contribution in [1.82, 2.24) is 0 Å². The van der Waals surface area contributed by atoms with Crippen LogP contribution in [0.25, 0.3) is 0 Å². The number of fused-ring (bicyclic) bond motifs is 7. The van der Waals surface area contributed by atoms with E-state index in [0.29, 0.717) is 17.0 Å². The van der Waals surface area contributed by atoms with Crippen molar-refractivity contribution in [1.29, 1.82) is 0 Å². The number of ether oxygens (including phenoxy) is 2. The van der Waals surface area contributed by atoms with E-state index in [2.05, 4.69) is 5.32 Å². The maximum Gasteiger partial charge on any atom is 0.193 e. The van der Waals surface area contributed by atoms with Crippen LogP contribution < -0.4 is 5.32 Å². The summed E-state index contributed by atoms with van der Waals surface area (Å²) in [6.07, 6.45) is -0.784. The minimum atomic E-state index is -2.30. The zero-order chi connectivity index (χ0) is 34.4. The summed E-state index contributed by atoms with van der Waals surface area (Å²) in [5, 5.41) is 25.9. The minimum Gasteiger partial charge on any atom is -0.390 e. The van der Waals surface area contributed by atoms with Crippen molar-refractivity contribution >= 4 is 28.9 Å². The molecule has 256 valence electrons. The van der Waals surface area contributed by atoms with E-state index >= 15 is 8.78 Å². The molecule has 7 nitrogen and oxygen atoms in total. The molecule has 4 aliphatic carbocycles. The number of allylic oxidation sites excluding steroid dienone is 4. The summed E-state index contributed by atoms with van der Waals surface area (Å²) in [6, 6.07) is 13.8. The van der Waals surface area contributed by atoms with Gasteiger partial charge in [0.15, 0.2) is 29.1 Å². The van der Waals surface area contributed by atoms with E-state index in [1.807, 2.05) is 56.3 Å². The number of rotatable bonds is 7. The Balaban J connectivity index is 1.17. The Bertz CT molecular complexity index is 1710. The fourth-order valence-corrected chi connectivity index (χ4v) is 10.0. The van der Waals surface area contributed by atoms with Crippen molar-refractivity contribution in [3.63, 3.8) is 0 Å². The Labute approximate surface area is 284 Å². The topological polar surface area (TPSA) is 105 Å². The first-order valence-corrected chi connectivity index (χ1v) is 17.1. The van der Waals surface area contributed by atoms with E-state index in [1.54, 1.807) is 6.92 Å². The molecule has 48 heavy (non-hydrogen) atoms. The van der Waals surface area contributed by atoms with E-state index in [9.17, 15) is 19.8 Å². The van der Waals surface area contributed by atoms with Crippen LogP contribution in [0, 0.1) is 22.7 Å². The number of ketones is 2. The third-order valence-corrected chi connectivity index (χ3v) is 12.4. The van der Waals surface area contributed by atoms with Crippen molar-refractivity contribution < 1.29 is 38.1 Å². The molecule has 0 bridgehead atoms. The van der Waals surface area contributed by atoms with Gasteiger partial charge in [0.05, 0.1) is 22.9 Å². The quantitative estimate of drug-likeness (QED) is 0.311. The van der Waals surface area contributed by atoms with Gasteiger partial charge >= 0.3 is 0 Å². The molecule has 1 heterocycles. The zero-order valence-corrected chi connectivity index (χ0v) is 28.3. The van der Waals surface area contributed by atoms with Crippen LogP contribution in [0.3, 0.4) is 0 Å². The first-order valence-electron chi connectivity index (χ1n) is 16.8. The first kappa shape index (κ1) is 33.5. The highest BCUT2D eigenvalue weighted by atomic mass is 35.5. The van der Waals surface area contributed by atoms with Crippen LogP contribution in [0.15, 0.2) is 66.3 Å². The molecule has 2 aromatic carbocycles. The van der Waals surface area contributed by atoms with Crippen molar-refractivity contribution in [2.75, 3.05) is 11.9 Å². The van der Waals surface area contributed by atoms with Gasteiger partial charge in [-0.2, -0.15) is 0 Å². The van der Waals surface area contributed by atoms with Crippen LogP contribution in [0.1, 0.15) is 69.9 Å². The van der Waals surface area contributed by atoms with Gasteiger partial charge in [-0.25, -0.2) is 8.78 Å². The second-order valence-corrected chi connectivity index (χ2v) is 15.4. The molecule has 7 rings (SSSR count). The van der Waals surface area contributed by atoms with Crippen molar-refractivity contribution in [2.45, 2.75) is 95.4 Å². The highest BCUT2D eigenvalue weighted by Crippen LogP contribution is 2.72. The standard InChI is InChI=1S/C38H42ClF2NO6/c1-20(2)42-30-14-22(7-10-28(30)39)13-21-5-8-23(9-6-21)34-47-33-17-25-26-16-29(40)27-15-24(44)11-12-35(27,3)37(26,41)31(45)18-36(25,4)38(33,48-34)32(46)19-43/h5-12,14-15,20,25-26,29,31,33-34,42-43,45H,13,16-19H2,1-4H3/t25-,26-,29-,31-,33+,34-,35-,36-,37-,38+/m0/s1. The van der Waals surface area contributed by atoms with Gasteiger partial charge in [0.1, 0.15) is 12.8 Å². The fraction of sp³-hybridized carbons (Fsp3) is 0.526. The first-order chi connectivity index (χ1) is 22.7. The molecule has 0 amide bonds. The molecule has 4 fully saturated rings. The fourth-order valence-electron chi connectivity index (χ4n) is 9.85. The van der Waals surface area contributed by atoms with Crippen LogP contribution in [0.5, 0.6) is 0 Å². The number of hydrogen-bond acceptors (Lipinski definition) is 7. The molecule has 10 atom stereocenters. The number of alkyl halides is 2. The Hall–Kier alpha value is -2.95. The molecular formula is C38H42ClF2NO6. The van der Waals surface area contributed by atoms with Crippen molar-refractivity contribution in [3.05, 3.63) is 88.0 Å². The molecule has 0 unspecified atom stereocenters. The number of benzene rings is 2. The van der Waals surface area contributed by atoms with E-state index in [-0.39, 0.29) is 30.9 Å². The molecule has 1 aliphatic heterocycles. The van der Waals surface area contributed by atoms with E-state index in [4.69, 9.17) is 21.1 Å². The van der Waals surface area contributed by atoms with Crippen molar-refractivity contribution in [3.8, 4) is 0 Å². The minimum absolute atomic E-state index is 0.0375. The maximum absolute atomic E-state index is 17.6. The van der Waals surface area contributed by atoms with Gasteiger partial charge in [0, 0.05) is 28.4 Å². The smallest absolute Gasteiger partial charge is 0.193 e. The summed E-state index contributed by atoms with van der Waals surface area (Å²) in [7, 11) is 0. The van der Waals surface area contributed by atoms with E-state index in [0.717, 1.165) is 22.9 Å². The van der Waals surface area contributed by atoms with Gasteiger partial charge in [-0.15, -0.1) is 0 Å². The Kier molecular flexibility index (Phi) is 8.08. The number of anilines is 1. The molecule has 3 saturated carbocycles. The second kappa shape index (κ2) is 11.6. The van der Waals surface area contributed by atoms with Gasteiger partial charge in [0.25, 0.3) is 0 Å². The summed E-state index contributed by atoms with van der Waals surface area (Å²) in [4.78, 5) is 25.9. The molecule has 0 aromatic heterocycles. The molecule has 0 radical (unpaired) electrons. The monoisotopic (exact) mass is 681 g/mol. The molecule has 10 heteroatoms. The summed E-state index contributed by atoms with van der Waals surface area (Å²) < 4.78 is 46.5. The van der Waals surface area contributed by atoms with Gasteiger partial charge in [-0.1, -0.05) is 54.9 Å². The van der Waals surface area contributed by atoms with Gasteiger partial charge in [-0.05, 0) is 93.4 Å². The third kappa shape index (κ3) is 4.64. The summed E-state index contributed by atoms with van der Waals surface area (Å²) in [6.45, 7) is 6.59. The van der Waals surface area contributed by atoms with Crippen LogP contribution in [0.4, 0.5) is 14.5 Å². The van der Waals surface area contributed by atoms with Gasteiger partial charge in [-0.3, -0.25) is 9.59 Å². The number of nitrogens with one attached hydrogen (secondary N) is 1. The molecule has 2 aromatic rings. The molecule has 0 spiro atoms. The van der Waals surface area contributed by atoms with Crippen LogP contribution in [0.2, 0.25) is 5.02 Å². The van der Waals surface area contributed by atoms with Crippen LogP contribution >= 0.6 is 11.6 Å². The SMILES string of the molecule is CC(C)Nc1cc(Cc2ccc([C@H]3O[C@@H]4C[C@H]5[C@@H]6C[C@H](F)C7=CC(=O)C=C[C@]7(C)[C@@]6(F)[C@@H](O)C[C@]5(C)[C@]4(C(=O)CO)O3)cc2)ccc1Cl. The highest BCUT2D eigenvalue weighted by molar-refractivity contribution is 6.33. The lowest BCUT2D eigenvalue weighted by molar-refractivity contribution is -0.235. The number of aliphatic hydroxyl groups is 2. The van der Waals surface area contributed by atoms with Gasteiger partial charge in [0.2, 0.25) is 0 Å².